The smallest absolute Gasteiger partial charge is 0.321 e. The van der Waals surface area contributed by atoms with Crippen LogP contribution in [0.2, 0.25) is 0 Å². The SMILES string of the molecule is CC1(C(=O)Nc2cccc(N3CCNC3=O)c2)CCNC1. The third kappa shape index (κ3) is 2.71. The van der Waals surface area contributed by atoms with Gasteiger partial charge in [-0.3, -0.25) is 9.69 Å². The van der Waals surface area contributed by atoms with Gasteiger partial charge in [0, 0.05) is 31.0 Å². The molecular weight excluding hydrogens is 268 g/mol. The van der Waals surface area contributed by atoms with Crippen LogP contribution in [-0.2, 0) is 4.79 Å². The molecule has 0 radical (unpaired) electrons. The Kier molecular flexibility index (Phi) is 3.55. The molecule has 1 aromatic carbocycles. The first-order valence-corrected chi connectivity index (χ1v) is 7.26. The average Bonchev–Trinajstić information content (AvgIpc) is 3.09. The van der Waals surface area contributed by atoms with Crippen LogP contribution in [0.1, 0.15) is 13.3 Å². The first kappa shape index (κ1) is 13.9. The number of amides is 3. The van der Waals surface area contributed by atoms with E-state index in [0.717, 1.165) is 24.3 Å². The van der Waals surface area contributed by atoms with Gasteiger partial charge in [0.15, 0.2) is 0 Å². The first-order chi connectivity index (χ1) is 10.1. The van der Waals surface area contributed by atoms with E-state index in [1.54, 1.807) is 4.90 Å². The van der Waals surface area contributed by atoms with Crippen molar-refractivity contribution < 1.29 is 9.59 Å². The summed E-state index contributed by atoms with van der Waals surface area (Å²) in [7, 11) is 0. The Balaban J connectivity index is 1.74. The number of carbonyl (C=O) groups excluding carboxylic acids is 2. The summed E-state index contributed by atoms with van der Waals surface area (Å²) in [6.45, 7) is 4.85. The molecule has 2 aliphatic heterocycles. The molecule has 6 heteroatoms. The van der Waals surface area contributed by atoms with Crippen molar-refractivity contribution in [1.82, 2.24) is 10.6 Å². The lowest BCUT2D eigenvalue weighted by molar-refractivity contribution is -0.123. The van der Waals surface area contributed by atoms with E-state index in [1.165, 1.54) is 0 Å². The molecule has 0 bridgehead atoms. The number of rotatable bonds is 3. The number of benzene rings is 1. The Morgan fingerprint density at radius 3 is 2.90 bits per heavy atom. The molecule has 1 atom stereocenters. The zero-order chi connectivity index (χ0) is 14.9. The maximum absolute atomic E-state index is 12.4. The van der Waals surface area contributed by atoms with Crippen molar-refractivity contribution in [3.05, 3.63) is 24.3 Å². The molecule has 3 N–H and O–H groups in total. The molecule has 0 aromatic heterocycles. The molecule has 2 heterocycles. The molecule has 3 amide bonds. The summed E-state index contributed by atoms with van der Waals surface area (Å²) >= 11 is 0. The van der Waals surface area contributed by atoms with Crippen molar-refractivity contribution >= 4 is 23.3 Å². The number of carbonyl (C=O) groups is 2. The lowest BCUT2D eigenvalue weighted by atomic mass is 9.89. The van der Waals surface area contributed by atoms with Gasteiger partial charge in [-0.2, -0.15) is 0 Å². The fourth-order valence-electron chi connectivity index (χ4n) is 2.76. The van der Waals surface area contributed by atoms with Gasteiger partial charge in [-0.25, -0.2) is 4.79 Å². The van der Waals surface area contributed by atoms with E-state index in [2.05, 4.69) is 16.0 Å². The van der Waals surface area contributed by atoms with Gasteiger partial charge in [0.05, 0.1) is 5.41 Å². The second kappa shape index (κ2) is 5.37. The minimum Gasteiger partial charge on any atom is -0.336 e. The number of hydrogen-bond donors (Lipinski definition) is 3. The van der Waals surface area contributed by atoms with Gasteiger partial charge < -0.3 is 16.0 Å². The molecular formula is C15H20N4O2. The number of nitrogens with one attached hydrogen (secondary N) is 3. The van der Waals surface area contributed by atoms with Crippen molar-refractivity contribution in [2.75, 3.05) is 36.4 Å². The highest BCUT2D eigenvalue weighted by molar-refractivity contribution is 5.98. The lowest BCUT2D eigenvalue weighted by Crippen LogP contribution is -2.35. The van der Waals surface area contributed by atoms with Gasteiger partial charge >= 0.3 is 6.03 Å². The Bertz CT molecular complexity index is 567. The van der Waals surface area contributed by atoms with E-state index in [9.17, 15) is 9.59 Å². The molecule has 2 fully saturated rings. The number of anilines is 2. The minimum atomic E-state index is -0.360. The summed E-state index contributed by atoms with van der Waals surface area (Å²) in [6.07, 6.45) is 0.840. The second-order valence-electron chi connectivity index (χ2n) is 5.88. The molecule has 1 unspecified atom stereocenters. The Morgan fingerprint density at radius 1 is 1.38 bits per heavy atom. The predicted octanol–water partition coefficient (Wildman–Crippen LogP) is 1.15. The standard InChI is InChI=1S/C15H20N4O2/c1-15(5-6-16-10-15)13(20)18-11-3-2-4-12(9-11)19-8-7-17-14(19)21/h2-4,9,16H,5-8,10H2,1H3,(H,17,21)(H,18,20). The fraction of sp³-hybridized carbons (Fsp3) is 0.467. The molecule has 112 valence electrons. The highest BCUT2D eigenvalue weighted by Gasteiger charge is 2.36. The Morgan fingerprint density at radius 2 is 2.24 bits per heavy atom. The summed E-state index contributed by atoms with van der Waals surface area (Å²) in [4.78, 5) is 25.8. The molecule has 2 saturated heterocycles. The molecule has 3 rings (SSSR count). The third-order valence-electron chi connectivity index (χ3n) is 4.19. The van der Waals surface area contributed by atoms with Crippen LogP contribution in [0.25, 0.3) is 0 Å². The normalized spacial score (nSPS) is 25.0. The van der Waals surface area contributed by atoms with E-state index < -0.39 is 0 Å². The van der Waals surface area contributed by atoms with E-state index in [-0.39, 0.29) is 17.4 Å². The summed E-state index contributed by atoms with van der Waals surface area (Å²) in [5, 5.41) is 8.96. The van der Waals surface area contributed by atoms with Crippen LogP contribution in [0.5, 0.6) is 0 Å². The van der Waals surface area contributed by atoms with Crippen molar-refractivity contribution in [2.24, 2.45) is 5.41 Å². The van der Waals surface area contributed by atoms with Gasteiger partial charge in [-0.1, -0.05) is 6.07 Å². The monoisotopic (exact) mass is 288 g/mol. The maximum Gasteiger partial charge on any atom is 0.321 e. The molecule has 0 spiro atoms. The van der Waals surface area contributed by atoms with E-state index >= 15 is 0 Å². The summed E-state index contributed by atoms with van der Waals surface area (Å²) in [5.74, 6) is 0.0236. The third-order valence-corrected chi connectivity index (χ3v) is 4.19. The topological polar surface area (TPSA) is 73.5 Å². The minimum absolute atomic E-state index is 0.0236. The zero-order valence-corrected chi connectivity index (χ0v) is 12.1. The molecule has 1 aromatic rings. The van der Waals surface area contributed by atoms with Gasteiger partial charge in [0.1, 0.15) is 0 Å². The first-order valence-electron chi connectivity index (χ1n) is 7.26. The molecule has 0 saturated carbocycles. The number of nitrogens with zero attached hydrogens (tertiary/aromatic N) is 1. The largest absolute Gasteiger partial charge is 0.336 e. The fourth-order valence-corrected chi connectivity index (χ4v) is 2.76. The highest BCUT2D eigenvalue weighted by Crippen LogP contribution is 2.27. The zero-order valence-electron chi connectivity index (χ0n) is 12.1. The Hall–Kier alpha value is -2.08. The van der Waals surface area contributed by atoms with Crippen molar-refractivity contribution in [3.63, 3.8) is 0 Å². The molecule has 6 nitrogen and oxygen atoms in total. The van der Waals surface area contributed by atoms with E-state index in [1.807, 2.05) is 31.2 Å². The van der Waals surface area contributed by atoms with Crippen molar-refractivity contribution in [3.8, 4) is 0 Å². The molecule has 2 aliphatic rings. The number of hydrogen-bond acceptors (Lipinski definition) is 3. The predicted molar refractivity (Wildman–Crippen MR) is 81.4 cm³/mol. The van der Waals surface area contributed by atoms with Gasteiger partial charge in [-0.05, 0) is 38.1 Å². The van der Waals surface area contributed by atoms with Crippen LogP contribution >= 0.6 is 0 Å². The van der Waals surface area contributed by atoms with Crippen LogP contribution in [0.3, 0.4) is 0 Å². The highest BCUT2D eigenvalue weighted by atomic mass is 16.2. The summed E-state index contributed by atoms with van der Waals surface area (Å²) in [5.41, 5.74) is 1.17. The number of urea groups is 1. The van der Waals surface area contributed by atoms with Gasteiger partial charge in [0.2, 0.25) is 5.91 Å². The summed E-state index contributed by atoms with van der Waals surface area (Å²) < 4.78 is 0. The van der Waals surface area contributed by atoms with Gasteiger partial charge in [-0.15, -0.1) is 0 Å². The van der Waals surface area contributed by atoms with Crippen LogP contribution in [0, 0.1) is 5.41 Å². The van der Waals surface area contributed by atoms with Crippen LogP contribution in [0.15, 0.2) is 24.3 Å². The van der Waals surface area contributed by atoms with Crippen LogP contribution in [0.4, 0.5) is 16.2 Å². The maximum atomic E-state index is 12.4. The van der Waals surface area contributed by atoms with E-state index in [4.69, 9.17) is 0 Å². The summed E-state index contributed by atoms with van der Waals surface area (Å²) in [6, 6.07) is 7.33. The molecule has 21 heavy (non-hydrogen) atoms. The lowest BCUT2D eigenvalue weighted by Gasteiger charge is -2.22. The van der Waals surface area contributed by atoms with Crippen LogP contribution in [-0.4, -0.2) is 38.1 Å². The molecule has 0 aliphatic carbocycles. The Labute approximate surface area is 123 Å². The van der Waals surface area contributed by atoms with Crippen molar-refractivity contribution in [2.45, 2.75) is 13.3 Å². The van der Waals surface area contributed by atoms with Crippen LogP contribution < -0.4 is 20.9 Å². The quantitative estimate of drug-likeness (QED) is 0.781. The average molecular weight is 288 g/mol. The van der Waals surface area contributed by atoms with Gasteiger partial charge in [0.25, 0.3) is 0 Å². The van der Waals surface area contributed by atoms with E-state index in [0.29, 0.717) is 19.6 Å². The van der Waals surface area contributed by atoms with Crippen molar-refractivity contribution in [1.29, 1.82) is 0 Å². The second-order valence-corrected chi connectivity index (χ2v) is 5.88.